The molecule has 3 rings (SSSR count). The van der Waals surface area contributed by atoms with Crippen LogP contribution in [0.5, 0.6) is 0 Å². The molecule has 9 heteroatoms. The number of nitrogens with zero attached hydrogens (tertiary/aromatic N) is 3. The molecule has 0 atom stereocenters. The molecular formula is C15H13F2N3O3S. The molecule has 0 spiro atoms. The predicted molar refractivity (Wildman–Crippen MR) is 84.1 cm³/mol. The third-order valence-corrected chi connectivity index (χ3v) is 4.37. The topological polar surface area (TPSA) is 66.1 Å². The smallest absolute Gasteiger partial charge is 0.326 e. The zero-order valence-corrected chi connectivity index (χ0v) is 13.4. The number of hydrogen-bond donors (Lipinski definition) is 0. The van der Waals surface area contributed by atoms with Crippen LogP contribution < -0.4 is 4.87 Å². The van der Waals surface area contributed by atoms with Crippen molar-refractivity contribution in [3.63, 3.8) is 0 Å². The van der Waals surface area contributed by atoms with Gasteiger partial charge in [-0.2, -0.15) is 8.78 Å². The highest BCUT2D eigenvalue weighted by Crippen LogP contribution is 2.23. The SMILES string of the molecule is Cc1csc(=O)n1CC(=O)OCc1nc2ccccc2n1C(F)F. The normalized spacial score (nSPS) is 11.3. The van der Waals surface area contributed by atoms with E-state index in [1.165, 1.54) is 10.6 Å². The van der Waals surface area contributed by atoms with Gasteiger partial charge >= 0.3 is 17.4 Å². The van der Waals surface area contributed by atoms with Gasteiger partial charge in [0.2, 0.25) is 0 Å². The maximum absolute atomic E-state index is 13.3. The monoisotopic (exact) mass is 353 g/mol. The van der Waals surface area contributed by atoms with E-state index >= 15 is 0 Å². The second-order valence-corrected chi connectivity index (χ2v) is 5.87. The van der Waals surface area contributed by atoms with Crippen LogP contribution in [-0.2, 0) is 22.7 Å². The van der Waals surface area contributed by atoms with Crippen molar-refractivity contribution in [1.82, 2.24) is 14.1 Å². The Balaban J connectivity index is 1.77. The quantitative estimate of drug-likeness (QED) is 0.662. The number of ether oxygens (including phenoxy) is 1. The van der Waals surface area contributed by atoms with Crippen LogP contribution in [-0.4, -0.2) is 20.1 Å². The van der Waals surface area contributed by atoms with E-state index in [0.717, 1.165) is 15.9 Å². The summed E-state index contributed by atoms with van der Waals surface area (Å²) in [6.45, 7) is -1.76. The minimum absolute atomic E-state index is 0.0473. The van der Waals surface area contributed by atoms with Crippen molar-refractivity contribution in [2.24, 2.45) is 0 Å². The zero-order chi connectivity index (χ0) is 17.3. The summed E-state index contributed by atoms with van der Waals surface area (Å²) in [7, 11) is 0. The fourth-order valence-corrected chi connectivity index (χ4v) is 3.06. The van der Waals surface area contributed by atoms with Gasteiger partial charge in [-0.3, -0.25) is 18.7 Å². The highest BCUT2D eigenvalue weighted by Gasteiger charge is 2.19. The van der Waals surface area contributed by atoms with Crippen LogP contribution in [0.3, 0.4) is 0 Å². The van der Waals surface area contributed by atoms with E-state index in [1.807, 2.05) is 0 Å². The molecule has 0 N–H and O–H groups in total. The van der Waals surface area contributed by atoms with Gasteiger partial charge in [-0.1, -0.05) is 23.5 Å². The van der Waals surface area contributed by atoms with E-state index in [1.54, 1.807) is 30.5 Å². The number of rotatable bonds is 5. The maximum Gasteiger partial charge on any atom is 0.326 e. The van der Waals surface area contributed by atoms with E-state index in [0.29, 0.717) is 11.2 Å². The Morgan fingerprint density at radius 1 is 1.38 bits per heavy atom. The average Bonchev–Trinajstić information content (AvgIpc) is 3.07. The molecule has 0 aliphatic heterocycles. The van der Waals surface area contributed by atoms with Crippen molar-refractivity contribution in [2.75, 3.05) is 0 Å². The predicted octanol–water partition coefficient (Wildman–Crippen LogP) is 2.71. The average molecular weight is 353 g/mol. The number of aryl methyl sites for hydroxylation is 1. The number of alkyl halides is 2. The molecule has 1 aromatic carbocycles. The Labute approximate surface area is 138 Å². The molecule has 0 fully saturated rings. The molecule has 0 saturated carbocycles. The first-order chi connectivity index (χ1) is 11.5. The number of benzene rings is 1. The van der Waals surface area contributed by atoms with E-state index in [9.17, 15) is 18.4 Å². The van der Waals surface area contributed by atoms with Crippen LogP contribution in [0, 0.1) is 6.92 Å². The molecule has 2 heterocycles. The molecule has 0 aliphatic carbocycles. The van der Waals surface area contributed by atoms with Gasteiger partial charge in [0, 0.05) is 11.1 Å². The van der Waals surface area contributed by atoms with Gasteiger partial charge in [0.1, 0.15) is 13.2 Å². The number of aromatic nitrogens is 3. The number of thiazole rings is 1. The van der Waals surface area contributed by atoms with E-state index in [2.05, 4.69) is 4.98 Å². The van der Waals surface area contributed by atoms with Crippen molar-refractivity contribution < 1.29 is 18.3 Å². The molecule has 0 amide bonds. The second-order valence-electron chi connectivity index (χ2n) is 5.05. The number of carbonyl (C=O) groups is 1. The van der Waals surface area contributed by atoms with Gasteiger partial charge in [-0.25, -0.2) is 4.98 Å². The summed E-state index contributed by atoms with van der Waals surface area (Å²) in [5.74, 6) is -0.736. The lowest BCUT2D eigenvalue weighted by Gasteiger charge is -2.09. The molecule has 0 saturated heterocycles. The van der Waals surface area contributed by atoms with Gasteiger partial charge < -0.3 is 4.74 Å². The highest BCUT2D eigenvalue weighted by molar-refractivity contribution is 7.07. The molecule has 24 heavy (non-hydrogen) atoms. The number of halogens is 2. The first-order valence-electron chi connectivity index (χ1n) is 7.02. The molecule has 0 aliphatic rings. The summed E-state index contributed by atoms with van der Waals surface area (Å²) >= 11 is 0.981. The first-order valence-corrected chi connectivity index (χ1v) is 7.90. The molecule has 6 nitrogen and oxygen atoms in total. The minimum Gasteiger partial charge on any atom is -0.456 e. The van der Waals surface area contributed by atoms with Crippen LogP contribution in [0.15, 0.2) is 34.4 Å². The highest BCUT2D eigenvalue weighted by atomic mass is 32.1. The summed E-state index contributed by atoms with van der Waals surface area (Å²) < 4.78 is 33.5. The van der Waals surface area contributed by atoms with Gasteiger partial charge in [-0.05, 0) is 19.1 Å². The number of carbonyl (C=O) groups excluding carboxylic acids is 1. The third kappa shape index (κ3) is 3.07. The molecule has 0 radical (unpaired) electrons. The Kier molecular flexibility index (Phi) is 4.43. The number of para-hydroxylation sites is 2. The standard InChI is InChI=1S/C15H13F2N3O3S/c1-9-8-24-15(22)19(9)6-13(21)23-7-12-18-10-4-2-3-5-11(10)20(12)14(16)17/h2-5,8,14H,6-7H2,1H3. The maximum atomic E-state index is 13.3. The van der Waals surface area contributed by atoms with Crippen molar-refractivity contribution in [3.8, 4) is 0 Å². The lowest BCUT2D eigenvalue weighted by atomic mass is 10.3. The van der Waals surface area contributed by atoms with Crippen molar-refractivity contribution >= 4 is 28.3 Å². The Morgan fingerprint density at radius 3 is 2.79 bits per heavy atom. The molecule has 3 aromatic rings. The van der Waals surface area contributed by atoms with Crippen LogP contribution in [0.2, 0.25) is 0 Å². The Morgan fingerprint density at radius 2 is 2.12 bits per heavy atom. The fourth-order valence-electron chi connectivity index (χ4n) is 2.33. The minimum atomic E-state index is -2.80. The molecule has 126 valence electrons. The van der Waals surface area contributed by atoms with E-state index in [4.69, 9.17) is 4.74 Å². The molecule has 0 unspecified atom stereocenters. The summed E-state index contributed by atoms with van der Waals surface area (Å²) in [6.07, 6.45) is 0. The molecule has 0 bridgehead atoms. The van der Waals surface area contributed by atoms with Gasteiger partial charge in [0.15, 0.2) is 5.82 Å². The number of imidazole rings is 1. The second kappa shape index (κ2) is 6.52. The zero-order valence-electron chi connectivity index (χ0n) is 12.6. The van der Waals surface area contributed by atoms with Crippen molar-refractivity contribution in [3.05, 3.63) is 50.8 Å². The number of esters is 1. The van der Waals surface area contributed by atoms with Crippen LogP contribution in [0.25, 0.3) is 11.0 Å². The largest absolute Gasteiger partial charge is 0.456 e. The summed E-state index contributed by atoms with van der Waals surface area (Å²) in [6, 6.07) is 6.44. The van der Waals surface area contributed by atoms with Crippen molar-refractivity contribution in [1.29, 1.82) is 0 Å². The number of hydrogen-bond acceptors (Lipinski definition) is 5. The summed E-state index contributed by atoms with van der Waals surface area (Å²) in [5.41, 5.74) is 1.30. The van der Waals surface area contributed by atoms with Crippen molar-refractivity contribution in [2.45, 2.75) is 26.6 Å². The molecular weight excluding hydrogens is 340 g/mol. The van der Waals surface area contributed by atoms with Gasteiger partial charge in [0.25, 0.3) is 0 Å². The van der Waals surface area contributed by atoms with E-state index < -0.39 is 19.1 Å². The molecule has 2 aromatic heterocycles. The third-order valence-electron chi connectivity index (χ3n) is 3.49. The number of fused-ring (bicyclic) bond motifs is 1. The van der Waals surface area contributed by atoms with Gasteiger partial charge in [0.05, 0.1) is 11.0 Å². The lowest BCUT2D eigenvalue weighted by Crippen LogP contribution is -2.22. The van der Waals surface area contributed by atoms with Gasteiger partial charge in [-0.15, -0.1) is 0 Å². The summed E-state index contributed by atoms with van der Waals surface area (Å²) in [5, 5.41) is 1.63. The van der Waals surface area contributed by atoms with Crippen LogP contribution in [0.1, 0.15) is 18.1 Å². The fraction of sp³-hybridized carbons (Fsp3) is 0.267. The summed E-state index contributed by atoms with van der Waals surface area (Å²) in [4.78, 5) is 27.3. The Bertz CT molecular complexity index is 945. The Hall–Kier alpha value is -2.55. The van der Waals surface area contributed by atoms with E-state index in [-0.39, 0.29) is 22.8 Å². The van der Waals surface area contributed by atoms with Crippen LogP contribution >= 0.6 is 11.3 Å². The first kappa shape index (κ1) is 16.3. The lowest BCUT2D eigenvalue weighted by molar-refractivity contribution is -0.146. The van der Waals surface area contributed by atoms with Crippen LogP contribution in [0.4, 0.5) is 8.78 Å².